The third-order valence-electron chi connectivity index (χ3n) is 18.9. The molecule has 19 nitrogen and oxygen atoms in total. The molecule has 3 heterocycles. The first-order chi connectivity index (χ1) is 48.3. The van der Waals surface area contributed by atoms with Crippen LogP contribution in [0.5, 0.6) is 0 Å². The van der Waals surface area contributed by atoms with Crippen molar-refractivity contribution in [2.45, 2.75) is 375 Å². The number of rotatable bonds is 60. The number of ether oxygens (including phenoxy) is 6. The number of aliphatic hydroxyl groups is 11. The molecule has 12 N–H and O–H groups in total. The zero-order valence-electron chi connectivity index (χ0n) is 60.9. The fourth-order valence-electron chi connectivity index (χ4n) is 12.6. The van der Waals surface area contributed by atoms with Crippen LogP contribution in [-0.2, 0) is 33.2 Å². The van der Waals surface area contributed by atoms with Gasteiger partial charge in [-0.2, -0.15) is 0 Å². The van der Waals surface area contributed by atoms with Crippen molar-refractivity contribution in [3.63, 3.8) is 0 Å². The lowest BCUT2D eigenvalue weighted by atomic mass is 9.96. The SMILES string of the molecule is CC/C=C\C/C=C\C/C=C\C/C=C\C/C=C\C/C=C\C/C=C\CCCCCCCCCCCCCCCCCC(=O)NC(COC1OC(CO)C(OC2OC(CO)C(OC3OC(CO)C(O)C(O)C3O)C(O)C2O)C(O)C1O)C(O)/C=C/CCCCCCCCCCCCCCCCC. The van der Waals surface area contributed by atoms with E-state index in [1.807, 2.05) is 6.08 Å². The number of amides is 1. The molecule has 3 aliphatic heterocycles. The van der Waals surface area contributed by atoms with Crippen LogP contribution < -0.4 is 5.32 Å². The molecule has 3 aliphatic rings. The van der Waals surface area contributed by atoms with Gasteiger partial charge < -0.3 is 89.9 Å². The summed E-state index contributed by atoms with van der Waals surface area (Å²) in [5, 5.41) is 121. The number of allylic oxidation sites excluding steroid dienone is 15. The summed E-state index contributed by atoms with van der Waals surface area (Å²) < 4.78 is 34.4. The maximum atomic E-state index is 13.5. The molecule has 0 radical (unpaired) electrons. The first-order valence-electron chi connectivity index (χ1n) is 39.0. The zero-order chi connectivity index (χ0) is 71.8. The van der Waals surface area contributed by atoms with Crippen LogP contribution in [0.4, 0.5) is 0 Å². The molecule has 99 heavy (non-hydrogen) atoms. The Morgan fingerprint density at radius 1 is 0.374 bits per heavy atom. The van der Waals surface area contributed by atoms with Crippen LogP contribution in [0.15, 0.2) is 97.2 Å². The average Bonchev–Trinajstić information content (AvgIpc) is 0.786. The maximum Gasteiger partial charge on any atom is 0.220 e. The zero-order valence-corrected chi connectivity index (χ0v) is 60.9. The smallest absolute Gasteiger partial charge is 0.220 e. The van der Waals surface area contributed by atoms with Gasteiger partial charge in [0.15, 0.2) is 18.9 Å². The predicted octanol–water partition coefficient (Wildman–Crippen LogP) is 12.4. The van der Waals surface area contributed by atoms with E-state index in [2.05, 4.69) is 104 Å². The molecule has 0 aromatic heterocycles. The van der Waals surface area contributed by atoms with E-state index < -0.39 is 124 Å². The van der Waals surface area contributed by atoms with Crippen LogP contribution in [0.3, 0.4) is 0 Å². The number of nitrogens with one attached hydrogen (secondary N) is 1. The normalized spacial score (nSPS) is 27.1. The molecular weight excluding hydrogens is 1260 g/mol. The van der Waals surface area contributed by atoms with Gasteiger partial charge in [0.25, 0.3) is 0 Å². The van der Waals surface area contributed by atoms with Gasteiger partial charge in [-0.05, 0) is 77.0 Å². The number of carbonyl (C=O) groups excluding carboxylic acids is 1. The van der Waals surface area contributed by atoms with Crippen molar-refractivity contribution in [2.75, 3.05) is 26.4 Å². The molecule has 1 amide bonds. The largest absolute Gasteiger partial charge is 0.394 e. The molecule has 3 fully saturated rings. The van der Waals surface area contributed by atoms with Crippen molar-refractivity contribution < 1.29 is 89.4 Å². The first kappa shape index (κ1) is 89.9. The van der Waals surface area contributed by atoms with Crippen LogP contribution in [-0.4, -0.2) is 193 Å². The lowest BCUT2D eigenvalue weighted by Gasteiger charge is -2.48. The van der Waals surface area contributed by atoms with Gasteiger partial charge in [-0.25, -0.2) is 0 Å². The van der Waals surface area contributed by atoms with E-state index in [9.17, 15) is 61.0 Å². The quantitative estimate of drug-likeness (QED) is 0.0199. The van der Waals surface area contributed by atoms with E-state index >= 15 is 0 Å². The lowest BCUT2D eigenvalue weighted by molar-refractivity contribution is -0.379. The fraction of sp³-hybridized carbons (Fsp3) is 0.787. The first-order valence-corrected chi connectivity index (χ1v) is 39.0. The van der Waals surface area contributed by atoms with E-state index in [1.54, 1.807) is 6.08 Å². The second-order valence-corrected chi connectivity index (χ2v) is 27.4. The molecule has 17 unspecified atom stereocenters. The summed E-state index contributed by atoms with van der Waals surface area (Å²) in [4.78, 5) is 13.5. The van der Waals surface area contributed by atoms with Crippen molar-refractivity contribution in [3.8, 4) is 0 Å². The second kappa shape index (κ2) is 60.0. The molecule has 0 bridgehead atoms. The summed E-state index contributed by atoms with van der Waals surface area (Å²) in [5.74, 6) is -0.277. The van der Waals surface area contributed by atoms with E-state index in [0.29, 0.717) is 6.42 Å². The molecule has 572 valence electrons. The molecule has 0 aromatic rings. The van der Waals surface area contributed by atoms with Gasteiger partial charge in [0.05, 0.1) is 38.6 Å². The van der Waals surface area contributed by atoms with E-state index in [-0.39, 0.29) is 18.9 Å². The molecule has 0 aliphatic carbocycles. The van der Waals surface area contributed by atoms with Crippen molar-refractivity contribution in [3.05, 3.63) is 97.2 Å². The van der Waals surface area contributed by atoms with Gasteiger partial charge in [0.1, 0.15) is 73.2 Å². The Bertz CT molecular complexity index is 2170. The highest BCUT2D eigenvalue weighted by Crippen LogP contribution is 2.33. The minimum absolute atomic E-state index is 0.239. The van der Waals surface area contributed by atoms with Gasteiger partial charge in [-0.15, -0.1) is 0 Å². The molecule has 17 atom stereocenters. The van der Waals surface area contributed by atoms with Gasteiger partial charge in [0.2, 0.25) is 5.91 Å². The maximum absolute atomic E-state index is 13.5. The Morgan fingerprint density at radius 3 is 1.09 bits per heavy atom. The van der Waals surface area contributed by atoms with E-state index in [1.165, 1.54) is 148 Å². The molecule has 3 rings (SSSR count). The number of hydrogen-bond acceptors (Lipinski definition) is 18. The average molecular weight is 1400 g/mol. The van der Waals surface area contributed by atoms with Crippen LogP contribution in [0.25, 0.3) is 0 Å². The minimum atomic E-state index is -1.98. The lowest BCUT2D eigenvalue weighted by Crippen LogP contribution is -2.66. The van der Waals surface area contributed by atoms with Gasteiger partial charge in [-0.1, -0.05) is 284 Å². The molecule has 0 saturated carbocycles. The molecule has 0 spiro atoms. The fourth-order valence-corrected chi connectivity index (χ4v) is 12.6. The third kappa shape index (κ3) is 40.5. The number of aliphatic hydroxyl groups excluding tert-OH is 11. The Kier molecular flexibility index (Phi) is 54.5. The van der Waals surface area contributed by atoms with Crippen molar-refractivity contribution in [1.29, 1.82) is 0 Å². The van der Waals surface area contributed by atoms with Gasteiger partial charge >= 0.3 is 0 Å². The van der Waals surface area contributed by atoms with Gasteiger partial charge in [-0.3, -0.25) is 4.79 Å². The summed E-state index contributed by atoms with van der Waals surface area (Å²) in [6, 6.07) is -0.978. The van der Waals surface area contributed by atoms with Crippen molar-refractivity contribution in [2.24, 2.45) is 0 Å². The van der Waals surface area contributed by atoms with Gasteiger partial charge in [0, 0.05) is 6.42 Å². The third-order valence-corrected chi connectivity index (χ3v) is 18.9. The predicted molar refractivity (Wildman–Crippen MR) is 392 cm³/mol. The Balaban J connectivity index is 1.34. The summed E-state index contributed by atoms with van der Waals surface area (Å²) in [6.07, 6.45) is 53.9. The van der Waals surface area contributed by atoms with Crippen LogP contribution in [0, 0.1) is 0 Å². The van der Waals surface area contributed by atoms with Crippen molar-refractivity contribution >= 4 is 5.91 Å². The Labute approximate surface area is 596 Å². The highest BCUT2D eigenvalue weighted by atomic mass is 16.8. The summed E-state index contributed by atoms with van der Waals surface area (Å²) in [7, 11) is 0. The van der Waals surface area contributed by atoms with Crippen LogP contribution in [0.1, 0.15) is 271 Å². The van der Waals surface area contributed by atoms with E-state index in [0.717, 1.165) is 96.3 Å². The number of hydrogen-bond donors (Lipinski definition) is 12. The number of carbonyl (C=O) groups is 1. The van der Waals surface area contributed by atoms with Crippen LogP contribution in [0.2, 0.25) is 0 Å². The highest BCUT2D eigenvalue weighted by Gasteiger charge is 2.53. The molecule has 19 heteroatoms. The van der Waals surface area contributed by atoms with Crippen LogP contribution >= 0.6 is 0 Å². The molecule has 3 saturated heterocycles. The molecular formula is C80H139NO18. The Morgan fingerprint density at radius 2 is 0.697 bits per heavy atom. The minimum Gasteiger partial charge on any atom is -0.394 e. The number of unbranched alkanes of at least 4 members (excludes halogenated alkanes) is 30. The summed E-state index contributed by atoms with van der Waals surface area (Å²) >= 11 is 0. The molecule has 0 aromatic carbocycles. The monoisotopic (exact) mass is 1400 g/mol. The summed E-state index contributed by atoms with van der Waals surface area (Å²) in [5.41, 5.74) is 0. The van der Waals surface area contributed by atoms with Crippen molar-refractivity contribution in [1.82, 2.24) is 5.32 Å². The van der Waals surface area contributed by atoms with E-state index in [4.69, 9.17) is 28.4 Å². The highest BCUT2D eigenvalue weighted by molar-refractivity contribution is 5.76. The second-order valence-electron chi connectivity index (χ2n) is 27.4. The standard InChI is InChI=1S/C80H139NO18/c1-3-5-7-9-11-13-15-17-19-21-22-23-24-25-26-27-28-29-30-31-32-33-34-35-36-37-38-39-40-42-44-46-48-50-52-54-56-58-68(86)81-63(64(85)57-55-53-51-49-47-45-43-41-20-18-16-14-12-10-8-6-4-2)62-94-78-74(92)71(89)76(66(60-83)96-78)99-80-75(93)72(90)77(67(61-84)97-80)98-79-73(91)70(88)69(87)65(59-82)95-79/h5,7,11,13,17,19,22-23,25-26,28-29,31-32,55,57,63-67,69-80,82-85,87-93H,3-4,6,8-10,12,14-16,18,20-21,24,27,30,33-54,56,58-62H2,1-2H3,(H,81,86)/b7-5-,13-11-,19-17-,23-22-,26-25-,29-28-,32-31-,57-55+. The summed E-state index contributed by atoms with van der Waals surface area (Å²) in [6.45, 7) is 1.63. The Hall–Kier alpha value is -3.29. The topological polar surface area (TPSA) is 307 Å².